The van der Waals surface area contributed by atoms with Gasteiger partial charge in [0.25, 0.3) is 0 Å². The molecule has 0 saturated carbocycles. The third kappa shape index (κ3) is 3.21. The number of benzene rings is 2. The minimum absolute atomic E-state index is 0.137. The van der Waals surface area contributed by atoms with Crippen molar-refractivity contribution in [1.82, 2.24) is 0 Å². The normalized spacial score (nSPS) is 19.3. The molecule has 0 fully saturated rings. The third-order valence-electron chi connectivity index (χ3n) is 6.64. The van der Waals surface area contributed by atoms with Crippen LogP contribution in [0.5, 0.6) is 0 Å². The number of nitrogens with zero attached hydrogens (tertiary/aromatic N) is 2. The number of aryl methyl sites for hydroxylation is 1. The summed E-state index contributed by atoms with van der Waals surface area (Å²) in [4.78, 5) is 28.8. The quantitative estimate of drug-likeness (QED) is 0.660. The molecule has 4 heteroatoms. The van der Waals surface area contributed by atoms with E-state index in [2.05, 4.69) is 42.2 Å². The molecule has 0 N–H and O–H groups in total. The summed E-state index contributed by atoms with van der Waals surface area (Å²) < 4.78 is 0. The van der Waals surface area contributed by atoms with Crippen molar-refractivity contribution < 1.29 is 9.59 Å². The fourth-order valence-corrected chi connectivity index (χ4v) is 5.21. The lowest BCUT2D eigenvalue weighted by atomic mass is 9.70. The second-order valence-electron chi connectivity index (χ2n) is 8.61. The highest BCUT2D eigenvalue weighted by Gasteiger charge is 2.43. The highest BCUT2D eigenvalue weighted by molar-refractivity contribution is 6.07. The predicted molar refractivity (Wildman–Crippen MR) is 119 cm³/mol. The molecule has 154 valence electrons. The van der Waals surface area contributed by atoms with Gasteiger partial charge in [-0.05, 0) is 62.4 Å². The number of ketones is 2. The van der Waals surface area contributed by atoms with Crippen molar-refractivity contribution in [2.45, 2.75) is 51.4 Å². The number of allylic oxidation sites excluding steroid dienone is 4. The van der Waals surface area contributed by atoms with E-state index in [1.54, 1.807) is 12.1 Å². The van der Waals surface area contributed by atoms with Crippen LogP contribution < -0.4 is 4.90 Å². The lowest BCUT2D eigenvalue weighted by Crippen LogP contribution is -2.39. The van der Waals surface area contributed by atoms with Crippen LogP contribution in [0.15, 0.2) is 71.1 Å². The van der Waals surface area contributed by atoms with Crippen LogP contribution in [0.3, 0.4) is 0 Å². The minimum atomic E-state index is -0.333. The maximum atomic E-state index is 13.3. The number of nitriles is 1. The minimum Gasteiger partial charge on any atom is -0.317 e. The second kappa shape index (κ2) is 7.67. The van der Waals surface area contributed by atoms with Crippen LogP contribution in [-0.2, 0) is 9.59 Å². The Morgan fingerprint density at radius 2 is 1.35 bits per heavy atom. The van der Waals surface area contributed by atoms with Gasteiger partial charge >= 0.3 is 0 Å². The zero-order valence-electron chi connectivity index (χ0n) is 17.6. The summed E-state index contributed by atoms with van der Waals surface area (Å²) in [6.07, 6.45) is 4.35. The Balaban J connectivity index is 1.76. The number of hydrogen-bond donors (Lipinski definition) is 0. The molecule has 1 aliphatic heterocycles. The van der Waals surface area contributed by atoms with Crippen LogP contribution in [-0.4, -0.2) is 11.6 Å². The second-order valence-corrected chi connectivity index (χ2v) is 8.61. The molecule has 0 amide bonds. The SMILES string of the molecule is Cc1ccc(N2C3=C(C(=O)CCC3)C(c3ccc(C#N)cc3)C3=C2CCCC3=O)cc1. The summed E-state index contributed by atoms with van der Waals surface area (Å²) in [5.74, 6) is -0.0599. The molecular formula is C27H24N2O2. The Morgan fingerprint density at radius 3 is 1.87 bits per heavy atom. The van der Waals surface area contributed by atoms with Crippen molar-refractivity contribution >= 4 is 17.3 Å². The van der Waals surface area contributed by atoms with E-state index in [1.807, 2.05) is 12.1 Å². The van der Waals surface area contributed by atoms with E-state index >= 15 is 0 Å². The molecule has 2 aliphatic carbocycles. The molecule has 1 heterocycles. The van der Waals surface area contributed by atoms with Gasteiger partial charge in [-0.15, -0.1) is 0 Å². The predicted octanol–water partition coefficient (Wildman–Crippen LogP) is 5.48. The Labute approximate surface area is 182 Å². The van der Waals surface area contributed by atoms with E-state index in [9.17, 15) is 14.9 Å². The summed E-state index contributed by atoms with van der Waals surface area (Å²) >= 11 is 0. The Hall–Kier alpha value is -3.45. The highest BCUT2D eigenvalue weighted by Crippen LogP contribution is 2.50. The summed E-state index contributed by atoms with van der Waals surface area (Å²) in [7, 11) is 0. The zero-order valence-corrected chi connectivity index (χ0v) is 17.6. The summed E-state index contributed by atoms with van der Waals surface area (Å²) in [6, 6.07) is 17.9. The maximum Gasteiger partial charge on any atom is 0.161 e. The molecule has 3 aliphatic rings. The van der Waals surface area contributed by atoms with Gasteiger partial charge in [-0.1, -0.05) is 29.8 Å². The Kier molecular flexibility index (Phi) is 4.82. The molecule has 0 spiro atoms. The summed E-state index contributed by atoms with van der Waals surface area (Å²) in [6.45, 7) is 2.06. The molecule has 2 aromatic rings. The van der Waals surface area contributed by atoms with Crippen molar-refractivity contribution in [3.63, 3.8) is 0 Å². The molecule has 0 radical (unpaired) electrons. The zero-order chi connectivity index (χ0) is 21.5. The molecule has 0 aromatic heterocycles. The lowest BCUT2D eigenvalue weighted by Gasteiger charge is -2.44. The van der Waals surface area contributed by atoms with E-state index in [-0.39, 0.29) is 17.5 Å². The summed E-state index contributed by atoms with van der Waals surface area (Å²) in [5, 5.41) is 9.19. The first-order valence-electron chi connectivity index (χ1n) is 11.0. The van der Waals surface area contributed by atoms with Gasteiger partial charge in [-0.3, -0.25) is 9.59 Å². The number of hydrogen-bond acceptors (Lipinski definition) is 4. The smallest absolute Gasteiger partial charge is 0.161 e. The standard InChI is InChI=1S/C27H24N2O2/c1-17-8-14-20(15-9-17)29-21-4-2-6-23(30)26(21)25(19-12-10-18(16-28)11-13-19)27-22(29)5-3-7-24(27)31/h8-15,25H,2-7H2,1H3. The van der Waals surface area contributed by atoms with Crippen molar-refractivity contribution in [1.29, 1.82) is 5.26 Å². The molecular weight excluding hydrogens is 384 g/mol. The number of carbonyl (C=O) groups is 2. The number of Topliss-reactive ketones (excluding diaryl/α,β-unsaturated/α-hetero) is 2. The maximum absolute atomic E-state index is 13.3. The van der Waals surface area contributed by atoms with Gasteiger partial charge in [0.15, 0.2) is 11.6 Å². The van der Waals surface area contributed by atoms with Gasteiger partial charge in [0.1, 0.15) is 0 Å². The van der Waals surface area contributed by atoms with E-state index in [0.29, 0.717) is 18.4 Å². The molecule has 31 heavy (non-hydrogen) atoms. The first-order valence-corrected chi connectivity index (χ1v) is 11.0. The average molecular weight is 409 g/mol. The van der Waals surface area contributed by atoms with Crippen LogP contribution in [0, 0.1) is 18.3 Å². The lowest BCUT2D eigenvalue weighted by molar-refractivity contribution is -0.116. The molecule has 0 bridgehead atoms. The Bertz CT molecular complexity index is 1130. The van der Waals surface area contributed by atoms with Gasteiger partial charge in [0.2, 0.25) is 0 Å². The van der Waals surface area contributed by atoms with Gasteiger partial charge in [0.05, 0.1) is 11.6 Å². The molecule has 0 atom stereocenters. The van der Waals surface area contributed by atoms with Gasteiger partial charge in [-0.25, -0.2) is 0 Å². The van der Waals surface area contributed by atoms with E-state index in [4.69, 9.17) is 0 Å². The number of rotatable bonds is 2. The van der Waals surface area contributed by atoms with Crippen LogP contribution in [0.2, 0.25) is 0 Å². The van der Waals surface area contributed by atoms with Gasteiger partial charge < -0.3 is 4.90 Å². The first kappa shape index (κ1) is 19.5. The van der Waals surface area contributed by atoms with E-state index < -0.39 is 0 Å². The number of carbonyl (C=O) groups excluding carboxylic acids is 2. The monoisotopic (exact) mass is 408 g/mol. The van der Waals surface area contributed by atoms with Gasteiger partial charge in [0, 0.05) is 47.0 Å². The van der Waals surface area contributed by atoms with Gasteiger partial charge in [-0.2, -0.15) is 5.26 Å². The van der Waals surface area contributed by atoms with E-state index in [0.717, 1.165) is 59.5 Å². The highest BCUT2D eigenvalue weighted by atomic mass is 16.1. The summed E-state index contributed by atoms with van der Waals surface area (Å²) in [5.41, 5.74) is 7.33. The molecule has 0 unspecified atom stereocenters. The van der Waals surface area contributed by atoms with Crippen molar-refractivity contribution in [2.24, 2.45) is 0 Å². The molecule has 2 aromatic carbocycles. The van der Waals surface area contributed by atoms with Crippen LogP contribution in [0.4, 0.5) is 5.69 Å². The average Bonchev–Trinajstić information content (AvgIpc) is 2.79. The first-order chi connectivity index (χ1) is 15.1. The fourth-order valence-electron chi connectivity index (χ4n) is 5.21. The largest absolute Gasteiger partial charge is 0.317 e. The van der Waals surface area contributed by atoms with Crippen LogP contribution >= 0.6 is 0 Å². The fraction of sp³-hybridized carbons (Fsp3) is 0.296. The van der Waals surface area contributed by atoms with Crippen LogP contribution in [0.1, 0.15) is 61.1 Å². The Morgan fingerprint density at radius 1 is 0.806 bits per heavy atom. The molecule has 5 rings (SSSR count). The topological polar surface area (TPSA) is 61.2 Å². The molecule has 0 saturated heterocycles. The number of anilines is 1. The van der Waals surface area contributed by atoms with Crippen molar-refractivity contribution in [3.8, 4) is 6.07 Å². The van der Waals surface area contributed by atoms with Crippen molar-refractivity contribution in [2.75, 3.05) is 4.90 Å². The van der Waals surface area contributed by atoms with E-state index in [1.165, 1.54) is 5.56 Å². The van der Waals surface area contributed by atoms with Crippen LogP contribution in [0.25, 0.3) is 0 Å². The third-order valence-corrected chi connectivity index (χ3v) is 6.64. The molecule has 4 nitrogen and oxygen atoms in total. The van der Waals surface area contributed by atoms with Crippen molar-refractivity contribution in [3.05, 3.63) is 87.8 Å².